The zero-order valence-corrected chi connectivity index (χ0v) is 8.78. The molecule has 3 N–H and O–H groups in total. The van der Waals surface area contributed by atoms with Crippen molar-refractivity contribution in [3.8, 4) is 0 Å². The Bertz CT molecular complexity index is 189. The average Bonchev–Trinajstić information content (AvgIpc) is 2.01. The van der Waals surface area contributed by atoms with Gasteiger partial charge in [0.05, 0.1) is 0 Å². The van der Waals surface area contributed by atoms with Gasteiger partial charge in [0.1, 0.15) is 0 Å². The summed E-state index contributed by atoms with van der Waals surface area (Å²) < 4.78 is 0. The SMILES string of the molecule is CC(N)CCCC(=O)N1CC(CO)C1. The molecule has 0 aliphatic carbocycles. The highest BCUT2D eigenvalue weighted by molar-refractivity contribution is 5.76. The summed E-state index contributed by atoms with van der Waals surface area (Å²) in [4.78, 5) is 13.3. The van der Waals surface area contributed by atoms with Gasteiger partial charge < -0.3 is 15.7 Å². The maximum absolute atomic E-state index is 11.5. The lowest BCUT2D eigenvalue weighted by Crippen LogP contribution is -2.51. The third-order valence-corrected chi connectivity index (χ3v) is 2.62. The van der Waals surface area contributed by atoms with Crippen LogP contribution in [0.25, 0.3) is 0 Å². The van der Waals surface area contributed by atoms with E-state index in [-0.39, 0.29) is 18.6 Å². The van der Waals surface area contributed by atoms with E-state index in [4.69, 9.17) is 10.8 Å². The molecule has 0 bridgehead atoms. The van der Waals surface area contributed by atoms with Crippen LogP contribution in [-0.4, -0.2) is 41.7 Å². The minimum Gasteiger partial charge on any atom is -0.396 e. The molecule has 14 heavy (non-hydrogen) atoms. The Morgan fingerprint density at radius 3 is 2.79 bits per heavy atom. The molecule has 0 aromatic carbocycles. The van der Waals surface area contributed by atoms with Crippen LogP contribution >= 0.6 is 0 Å². The van der Waals surface area contributed by atoms with Crippen LogP contribution in [0.4, 0.5) is 0 Å². The van der Waals surface area contributed by atoms with Crippen LogP contribution in [0.3, 0.4) is 0 Å². The summed E-state index contributed by atoms with van der Waals surface area (Å²) in [6.07, 6.45) is 2.37. The number of carbonyl (C=O) groups excluding carboxylic acids is 1. The molecular formula is C10H20N2O2. The van der Waals surface area contributed by atoms with Crippen LogP contribution in [0.5, 0.6) is 0 Å². The number of carbonyl (C=O) groups is 1. The second kappa shape index (κ2) is 5.32. The van der Waals surface area contributed by atoms with Gasteiger partial charge in [-0.2, -0.15) is 0 Å². The molecule has 1 atom stereocenters. The molecule has 1 fully saturated rings. The Morgan fingerprint density at radius 2 is 2.29 bits per heavy atom. The first-order valence-electron chi connectivity index (χ1n) is 5.27. The van der Waals surface area contributed by atoms with Gasteiger partial charge in [-0.15, -0.1) is 0 Å². The lowest BCUT2D eigenvalue weighted by molar-refractivity contribution is -0.138. The van der Waals surface area contributed by atoms with Crippen molar-refractivity contribution in [3.05, 3.63) is 0 Å². The van der Waals surface area contributed by atoms with E-state index in [1.807, 2.05) is 11.8 Å². The second-order valence-corrected chi connectivity index (χ2v) is 4.22. The van der Waals surface area contributed by atoms with E-state index >= 15 is 0 Å². The highest BCUT2D eigenvalue weighted by atomic mass is 16.3. The van der Waals surface area contributed by atoms with Crippen LogP contribution < -0.4 is 5.73 Å². The summed E-state index contributed by atoms with van der Waals surface area (Å²) in [5, 5.41) is 8.78. The van der Waals surface area contributed by atoms with Gasteiger partial charge >= 0.3 is 0 Å². The monoisotopic (exact) mass is 200 g/mol. The molecule has 1 saturated heterocycles. The van der Waals surface area contributed by atoms with E-state index in [2.05, 4.69) is 0 Å². The third-order valence-electron chi connectivity index (χ3n) is 2.62. The summed E-state index contributed by atoms with van der Waals surface area (Å²) >= 11 is 0. The first-order valence-corrected chi connectivity index (χ1v) is 5.27. The zero-order chi connectivity index (χ0) is 10.6. The van der Waals surface area contributed by atoms with E-state index in [0.29, 0.717) is 12.3 Å². The fourth-order valence-electron chi connectivity index (χ4n) is 1.62. The molecule has 0 radical (unpaired) electrons. The fourth-order valence-corrected chi connectivity index (χ4v) is 1.62. The van der Waals surface area contributed by atoms with Crippen molar-refractivity contribution >= 4 is 5.91 Å². The third kappa shape index (κ3) is 3.27. The molecule has 1 aliphatic rings. The lowest BCUT2D eigenvalue weighted by Gasteiger charge is -2.38. The summed E-state index contributed by atoms with van der Waals surface area (Å²) in [5.74, 6) is 0.516. The molecule has 1 rings (SSSR count). The number of hydrogen-bond donors (Lipinski definition) is 2. The number of hydrogen-bond acceptors (Lipinski definition) is 3. The molecule has 1 heterocycles. The topological polar surface area (TPSA) is 66.6 Å². The van der Waals surface area contributed by atoms with Gasteiger partial charge in [-0.3, -0.25) is 4.79 Å². The van der Waals surface area contributed by atoms with Gasteiger partial charge in [0.15, 0.2) is 0 Å². The Labute approximate surface area is 85.1 Å². The van der Waals surface area contributed by atoms with E-state index < -0.39 is 0 Å². The van der Waals surface area contributed by atoms with Crippen LogP contribution in [0, 0.1) is 5.92 Å². The maximum Gasteiger partial charge on any atom is 0.222 e. The minimum absolute atomic E-state index is 0.185. The van der Waals surface area contributed by atoms with Gasteiger partial charge in [0, 0.05) is 38.1 Å². The number of aliphatic hydroxyl groups excluding tert-OH is 1. The molecule has 1 unspecified atom stereocenters. The number of amides is 1. The molecular weight excluding hydrogens is 180 g/mol. The van der Waals surface area contributed by atoms with E-state index in [0.717, 1.165) is 25.9 Å². The Hall–Kier alpha value is -0.610. The van der Waals surface area contributed by atoms with Crippen LogP contribution in [0.15, 0.2) is 0 Å². The molecule has 0 saturated carbocycles. The molecule has 4 nitrogen and oxygen atoms in total. The number of nitrogens with two attached hydrogens (primary N) is 1. The van der Waals surface area contributed by atoms with Crippen molar-refractivity contribution in [2.24, 2.45) is 11.7 Å². The molecule has 0 aromatic heterocycles. The smallest absolute Gasteiger partial charge is 0.222 e. The van der Waals surface area contributed by atoms with Crippen LogP contribution in [0.2, 0.25) is 0 Å². The minimum atomic E-state index is 0.185. The average molecular weight is 200 g/mol. The van der Waals surface area contributed by atoms with Crippen molar-refractivity contribution < 1.29 is 9.90 Å². The number of likely N-dealkylation sites (tertiary alicyclic amines) is 1. The van der Waals surface area contributed by atoms with Crippen molar-refractivity contribution in [2.45, 2.75) is 32.2 Å². The van der Waals surface area contributed by atoms with E-state index in [1.165, 1.54) is 0 Å². The number of aliphatic hydroxyl groups is 1. The number of rotatable bonds is 5. The van der Waals surface area contributed by atoms with Gasteiger partial charge in [-0.05, 0) is 19.8 Å². The predicted molar refractivity (Wildman–Crippen MR) is 54.7 cm³/mol. The first-order chi connectivity index (χ1) is 6.63. The molecule has 4 heteroatoms. The van der Waals surface area contributed by atoms with E-state index in [1.54, 1.807) is 0 Å². The standard InChI is InChI=1S/C10H20N2O2/c1-8(11)3-2-4-10(14)12-5-9(6-12)7-13/h8-9,13H,2-7,11H2,1H3. The molecule has 1 amide bonds. The second-order valence-electron chi connectivity index (χ2n) is 4.22. The highest BCUT2D eigenvalue weighted by Gasteiger charge is 2.29. The van der Waals surface area contributed by atoms with Gasteiger partial charge in [-0.1, -0.05) is 0 Å². The predicted octanol–water partition coefficient (Wildman–Crippen LogP) is -0.0454. The fraction of sp³-hybridized carbons (Fsp3) is 0.900. The van der Waals surface area contributed by atoms with Crippen molar-refractivity contribution in [1.29, 1.82) is 0 Å². The van der Waals surface area contributed by atoms with Gasteiger partial charge in [0.2, 0.25) is 5.91 Å². The highest BCUT2D eigenvalue weighted by Crippen LogP contribution is 2.16. The Morgan fingerprint density at radius 1 is 1.64 bits per heavy atom. The van der Waals surface area contributed by atoms with Crippen LogP contribution in [0.1, 0.15) is 26.2 Å². The Balaban J connectivity index is 2.06. The van der Waals surface area contributed by atoms with Gasteiger partial charge in [-0.25, -0.2) is 0 Å². The van der Waals surface area contributed by atoms with Crippen molar-refractivity contribution in [2.75, 3.05) is 19.7 Å². The number of nitrogens with zero attached hydrogens (tertiary/aromatic N) is 1. The maximum atomic E-state index is 11.5. The summed E-state index contributed by atoms with van der Waals surface area (Å²) in [5.41, 5.74) is 5.59. The lowest BCUT2D eigenvalue weighted by atomic mass is 10.0. The quantitative estimate of drug-likeness (QED) is 0.654. The summed E-state index contributed by atoms with van der Waals surface area (Å²) in [6, 6.07) is 0.185. The largest absolute Gasteiger partial charge is 0.396 e. The molecule has 0 spiro atoms. The van der Waals surface area contributed by atoms with E-state index in [9.17, 15) is 4.79 Å². The zero-order valence-electron chi connectivity index (χ0n) is 8.78. The van der Waals surface area contributed by atoms with Crippen molar-refractivity contribution in [1.82, 2.24) is 4.90 Å². The summed E-state index contributed by atoms with van der Waals surface area (Å²) in [7, 11) is 0. The molecule has 82 valence electrons. The molecule has 0 aromatic rings. The summed E-state index contributed by atoms with van der Waals surface area (Å²) in [6.45, 7) is 3.61. The Kier molecular flexibility index (Phi) is 4.35. The van der Waals surface area contributed by atoms with Crippen LogP contribution in [-0.2, 0) is 4.79 Å². The normalized spacial score (nSPS) is 19.2. The molecule has 1 aliphatic heterocycles. The van der Waals surface area contributed by atoms with Gasteiger partial charge in [0.25, 0.3) is 0 Å². The first kappa shape index (κ1) is 11.5. The van der Waals surface area contributed by atoms with Crippen molar-refractivity contribution in [3.63, 3.8) is 0 Å².